The molecule has 1 heterocycles. The quantitative estimate of drug-likeness (QED) is 0.623. The van der Waals surface area contributed by atoms with Gasteiger partial charge in [0.1, 0.15) is 5.69 Å². The minimum absolute atomic E-state index is 0.0338. The third kappa shape index (κ3) is 3.26. The Balaban J connectivity index is 3.17. The van der Waals surface area contributed by atoms with Gasteiger partial charge >= 0.3 is 0 Å². The van der Waals surface area contributed by atoms with E-state index in [0.29, 0.717) is 5.69 Å². The van der Waals surface area contributed by atoms with Crippen LogP contribution in [0.15, 0.2) is 18.3 Å². The van der Waals surface area contributed by atoms with E-state index in [0.717, 1.165) is 6.54 Å². The van der Waals surface area contributed by atoms with Crippen molar-refractivity contribution in [3.05, 3.63) is 34.1 Å². The highest BCUT2D eigenvalue weighted by atomic mass is 16.6. The lowest BCUT2D eigenvalue weighted by atomic mass is 9.85. The molecule has 2 atom stereocenters. The standard InChI is InChI=1S/C13H21N3O2/c1-5-14-10(4)12(9(2)3)13-11(16(17)18)7-6-8-15-13/h6-10,12,14H,5H2,1-4H3. The number of nitro groups is 1. The van der Waals surface area contributed by atoms with Gasteiger partial charge in [-0.05, 0) is 25.5 Å². The van der Waals surface area contributed by atoms with Crippen molar-refractivity contribution in [2.24, 2.45) is 5.92 Å². The van der Waals surface area contributed by atoms with E-state index in [1.165, 1.54) is 6.07 Å². The van der Waals surface area contributed by atoms with Gasteiger partial charge in [-0.2, -0.15) is 0 Å². The van der Waals surface area contributed by atoms with Crippen LogP contribution in [0.1, 0.15) is 39.3 Å². The summed E-state index contributed by atoms with van der Waals surface area (Å²) in [6.07, 6.45) is 1.62. The number of nitrogens with zero attached hydrogens (tertiary/aromatic N) is 2. The highest BCUT2D eigenvalue weighted by molar-refractivity contribution is 5.38. The minimum atomic E-state index is -0.351. The van der Waals surface area contributed by atoms with E-state index in [2.05, 4.69) is 24.1 Å². The Bertz CT molecular complexity index is 407. The molecule has 18 heavy (non-hydrogen) atoms. The molecule has 0 amide bonds. The molecule has 0 aliphatic rings. The highest BCUT2D eigenvalue weighted by Gasteiger charge is 2.29. The van der Waals surface area contributed by atoms with Crippen molar-refractivity contribution in [1.29, 1.82) is 0 Å². The molecule has 2 unspecified atom stereocenters. The van der Waals surface area contributed by atoms with Gasteiger partial charge in [0.15, 0.2) is 0 Å². The summed E-state index contributed by atoms with van der Waals surface area (Å²) in [5.74, 6) is 0.319. The first-order chi connectivity index (χ1) is 8.49. The monoisotopic (exact) mass is 251 g/mol. The molecule has 1 rings (SSSR count). The molecule has 0 saturated heterocycles. The fourth-order valence-corrected chi connectivity index (χ4v) is 2.40. The third-order valence-corrected chi connectivity index (χ3v) is 3.11. The van der Waals surface area contributed by atoms with E-state index in [1.807, 2.05) is 13.8 Å². The Morgan fingerprint density at radius 1 is 1.44 bits per heavy atom. The Hall–Kier alpha value is -1.49. The van der Waals surface area contributed by atoms with Crippen LogP contribution in [0.2, 0.25) is 0 Å². The van der Waals surface area contributed by atoms with Gasteiger partial charge in [-0.3, -0.25) is 15.1 Å². The number of rotatable bonds is 6. The van der Waals surface area contributed by atoms with Crippen LogP contribution in [0.25, 0.3) is 0 Å². The van der Waals surface area contributed by atoms with Crippen LogP contribution in [0, 0.1) is 16.0 Å². The van der Waals surface area contributed by atoms with Gasteiger partial charge in [0, 0.05) is 24.2 Å². The predicted octanol–water partition coefficient (Wildman–Crippen LogP) is 2.73. The molecule has 1 aromatic rings. The molecule has 5 nitrogen and oxygen atoms in total. The van der Waals surface area contributed by atoms with Gasteiger partial charge in [0.05, 0.1) is 4.92 Å². The summed E-state index contributed by atoms with van der Waals surface area (Å²) < 4.78 is 0. The molecule has 1 N–H and O–H groups in total. The van der Waals surface area contributed by atoms with E-state index >= 15 is 0 Å². The van der Waals surface area contributed by atoms with Gasteiger partial charge in [-0.1, -0.05) is 20.8 Å². The highest BCUT2D eigenvalue weighted by Crippen LogP contribution is 2.32. The molecule has 0 radical (unpaired) electrons. The van der Waals surface area contributed by atoms with Crippen LogP contribution >= 0.6 is 0 Å². The minimum Gasteiger partial charge on any atom is -0.314 e. The Labute approximate surface area is 108 Å². The molecule has 1 aromatic heterocycles. The zero-order valence-corrected chi connectivity index (χ0v) is 11.4. The summed E-state index contributed by atoms with van der Waals surface area (Å²) in [7, 11) is 0. The smallest absolute Gasteiger partial charge is 0.291 e. The molecular weight excluding hydrogens is 230 g/mol. The molecule has 0 aliphatic heterocycles. The van der Waals surface area contributed by atoms with E-state index in [-0.39, 0.29) is 28.5 Å². The average molecular weight is 251 g/mol. The molecule has 0 bridgehead atoms. The lowest BCUT2D eigenvalue weighted by Crippen LogP contribution is -2.35. The maximum absolute atomic E-state index is 11.1. The summed E-state index contributed by atoms with van der Waals surface area (Å²) in [6, 6.07) is 3.29. The lowest BCUT2D eigenvalue weighted by Gasteiger charge is -2.27. The zero-order valence-electron chi connectivity index (χ0n) is 11.4. The van der Waals surface area contributed by atoms with Crippen LogP contribution < -0.4 is 5.32 Å². The van der Waals surface area contributed by atoms with Gasteiger partial charge in [-0.15, -0.1) is 0 Å². The molecule has 100 valence electrons. The summed E-state index contributed by atoms with van der Waals surface area (Å²) in [5.41, 5.74) is 0.687. The average Bonchev–Trinajstić information content (AvgIpc) is 2.29. The van der Waals surface area contributed by atoms with Gasteiger partial charge in [-0.25, -0.2) is 0 Å². The van der Waals surface area contributed by atoms with Gasteiger partial charge < -0.3 is 5.32 Å². The molecule has 0 fully saturated rings. The number of hydrogen-bond acceptors (Lipinski definition) is 4. The molecule has 0 saturated carbocycles. The second kappa shape index (κ2) is 6.44. The Morgan fingerprint density at radius 2 is 2.11 bits per heavy atom. The van der Waals surface area contributed by atoms with Crippen LogP contribution in [0.3, 0.4) is 0 Å². The third-order valence-electron chi connectivity index (χ3n) is 3.11. The van der Waals surface area contributed by atoms with Crippen molar-refractivity contribution in [3.8, 4) is 0 Å². The second-order valence-corrected chi connectivity index (χ2v) is 4.78. The van der Waals surface area contributed by atoms with E-state index in [4.69, 9.17) is 0 Å². The van der Waals surface area contributed by atoms with Crippen molar-refractivity contribution < 1.29 is 4.92 Å². The topological polar surface area (TPSA) is 68.1 Å². The van der Waals surface area contributed by atoms with Gasteiger partial charge in [0.2, 0.25) is 0 Å². The number of aromatic nitrogens is 1. The van der Waals surface area contributed by atoms with E-state index < -0.39 is 0 Å². The SMILES string of the molecule is CCNC(C)C(c1ncccc1[N+](=O)[O-])C(C)C. The van der Waals surface area contributed by atoms with Crippen LogP contribution in [0.5, 0.6) is 0 Å². The number of hydrogen-bond donors (Lipinski definition) is 1. The fourth-order valence-electron chi connectivity index (χ4n) is 2.40. The summed E-state index contributed by atoms with van der Waals surface area (Å²) in [6.45, 7) is 9.05. The van der Waals surface area contributed by atoms with Crippen LogP contribution in [-0.2, 0) is 0 Å². The molecule has 0 aliphatic carbocycles. The van der Waals surface area contributed by atoms with Crippen LogP contribution in [0.4, 0.5) is 5.69 Å². The normalized spacial score (nSPS) is 14.5. The van der Waals surface area contributed by atoms with Crippen molar-refractivity contribution in [2.75, 3.05) is 6.54 Å². The van der Waals surface area contributed by atoms with Gasteiger partial charge in [0.25, 0.3) is 5.69 Å². The van der Waals surface area contributed by atoms with Crippen molar-refractivity contribution in [3.63, 3.8) is 0 Å². The van der Waals surface area contributed by atoms with E-state index in [9.17, 15) is 10.1 Å². The Morgan fingerprint density at radius 3 is 2.61 bits per heavy atom. The predicted molar refractivity (Wildman–Crippen MR) is 71.6 cm³/mol. The summed E-state index contributed by atoms with van der Waals surface area (Å²) in [5, 5.41) is 14.4. The lowest BCUT2D eigenvalue weighted by molar-refractivity contribution is -0.386. The van der Waals surface area contributed by atoms with Crippen molar-refractivity contribution >= 4 is 5.69 Å². The van der Waals surface area contributed by atoms with Crippen molar-refractivity contribution in [2.45, 2.75) is 39.7 Å². The first-order valence-corrected chi connectivity index (χ1v) is 6.31. The molecule has 0 spiro atoms. The molecule has 0 aromatic carbocycles. The largest absolute Gasteiger partial charge is 0.314 e. The number of pyridine rings is 1. The van der Waals surface area contributed by atoms with Crippen molar-refractivity contribution in [1.82, 2.24) is 10.3 Å². The summed E-state index contributed by atoms with van der Waals surface area (Å²) >= 11 is 0. The maximum atomic E-state index is 11.1. The fraction of sp³-hybridized carbons (Fsp3) is 0.615. The number of likely N-dealkylation sites (N-methyl/N-ethyl adjacent to an activating group) is 1. The second-order valence-electron chi connectivity index (χ2n) is 4.78. The van der Waals surface area contributed by atoms with E-state index in [1.54, 1.807) is 12.3 Å². The van der Waals surface area contributed by atoms with Crippen LogP contribution in [-0.4, -0.2) is 22.5 Å². The maximum Gasteiger partial charge on any atom is 0.291 e. The summed E-state index contributed by atoms with van der Waals surface area (Å²) in [4.78, 5) is 15.0. The first-order valence-electron chi connectivity index (χ1n) is 6.31. The molecular formula is C13H21N3O2. The zero-order chi connectivity index (χ0) is 13.7. The number of nitrogens with one attached hydrogen (secondary N) is 1. The first kappa shape index (κ1) is 14.6. The Kier molecular flexibility index (Phi) is 5.22. The molecule has 5 heteroatoms.